The predicted octanol–water partition coefficient (Wildman–Crippen LogP) is 3.03. The highest BCUT2D eigenvalue weighted by Gasteiger charge is 2.21. The summed E-state index contributed by atoms with van der Waals surface area (Å²) in [6.07, 6.45) is 9.42. The van der Waals surface area contributed by atoms with E-state index in [1.165, 1.54) is 37.0 Å². The maximum atomic E-state index is 4.59. The Hall–Kier alpha value is -1.51. The molecule has 0 spiro atoms. The van der Waals surface area contributed by atoms with E-state index in [1.807, 2.05) is 13.2 Å². The van der Waals surface area contributed by atoms with Crippen LogP contribution in [0.4, 0.5) is 5.69 Å². The summed E-state index contributed by atoms with van der Waals surface area (Å²) in [7, 11) is 1.95. The fourth-order valence-electron chi connectivity index (χ4n) is 2.64. The number of rotatable bonds is 2. The Balaban J connectivity index is 2.09. The quantitative estimate of drug-likeness (QED) is 0.834. The molecule has 16 heavy (non-hydrogen) atoms. The summed E-state index contributed by atoms with van der Waals surface area (Å²) in [6, 6.07) is 4.22. The van der Waals surface area contributed by atoms with Gasteiger partial charge in [0.1, 0.15) is 5.82 Å². The molecule has 1 N–H and O–H groups in total. The van der Waals surface area contributed by atoms with Gasteiger partial charge in [-0.25, -0.2) is 4.98 Å². The molecule has 0 saturated heterocycles. The Morgan fingerprint density at radius 1 is 1.31 bits per heavy atom. The summed E-state index contributed by atoms with van der Waals surface area (Å²) < 4.78 is 2.24. The Morgan fingerprint density at radius 3 is 2.88 bits per heavy atom. The van der Waals surface area contributed by atoms with Crippen molar-refractivity contribution in [2.24, 2.45) is 0 Å². The molecule has 1 aliphatic rings. The molecular formula is C13H17N3. The van der Waals surface area contributed by atoms with E-state index in [4.69, 9.17) is 0 Å². The standard InChI is InChI=1S/C13H17N3/c1-14-11-6-7-12-8-15-13(16(12)9-11)10-4-2-3-5-10/h6-10,14H,2-5H2,1H3. The smallest absolute Gasteiger partial charge is 0.116 e. The normalized spacial score (nSPS) is 17.1. The van der Waals surface area contributed by atoms with E-state index in [1.54, 1.807) is 0 Å². The van der Waals surface area contributed by atoms with Gasteiger partial charge in [0.25, 0.3) is 0 Å². The zero-order valence-electron chi connectivity index (χ0n) is 9.61. The van der Waals surface area contributed by atoms with E-state index in [9.17, 15) is 0 Å². The number of nitrogens with one attached hydrogen (secondary N) is 1. The van der Waals surface area contributed by atoms with Gasteiger partial charge in [-0.3, -0.25) is 0 Å². The molecule has 1 saturated carbocycles. The van der Waals surface area contributed by atoms with Crippen molar-refractivity contribution < 1.29 is 0 Å². The molecule has 2 heterocycles. The van der Waals surface area contributed by atoms with Crippen LogP contribution in [0.25, 0.3) is 5.52 Å². The van der Waals surface area contributed by atoms with Gasteiger partial charge in [0.15, 0.2) is 0 Å². The van der Waals surface area contributed by atoms with Gasteiger partial charge < -0.3 is 9.72 Å². The van der Waals surface area contributed by atoms with Crippen LogP contribution in [0.5, 0.6) is 0 Å². The van der Waals surface area contributed by atoms with E-state index in [0.29, 0.717) is 5.92 Å². The summed E-state index contributed by atoms with van der Waals surface area (Å²) in [5.41, 5.74) is 2.34. The molecule has 3 nitrogen and oxygen atoms in total. The van der Waals surface area contributed by atoms with Crippen molar-refractivity contribution in [3.63, 3.8) is 0 Å². The first-order valence-corrected chi connectivity index (χ1v) is 6.03. The van der Waals surface area contributed by atoms with Crippen molar-refractivity contribution in [2.45, 2.75) is 31.6 Å². The second kappa shape index (κ2) is 3.81. The third-order valence-electron chi connectivity index (χ3n) is 3.56. The molecular weight excluding hydrogens is 198 g/mol. The van der Waals surface area contributed by atoms with Crippen LogP contribution in [0.1, 0.15) is 37.4 Å². The van der Waals surface area contributed by atoms with Crippen LogP contribution < -0.4 is 5.32 Å². The van der Waals surface area contributed by atoms with Crippen molar-refractivity contribution in [3.8, 4) is 0 Å². The van der Waals surface area contributed by atoms with Gasteiger partial charge in [-0.15, -0.1) is 0 Å². The topological polar surface area (TPSA) is 29.3 Å². The zero-order valence-corrected chi connectivity index (χ0v) is 9.61. The first-order valence-electron chi connectivity index (χ1n) is 6.03. The second-order valence-corrected chi connectivity index (χ2v) is 4.56. The largest absolute Gasteiger partial charge is 0.387 e. The van der Waals surface area contributed by atoms with E-state index in [-0.39, 0.29) is 0 Å². The number of hydrogen-bond donors (Lipinski definition) is 1. The number of pyridine rings is 1. The summed E-state index contributed by atoms with van der Waals surface area (Å²) in [5.74, 6) is 1.90. The monoisotopic (exact) mass is 215 g/mol. The highest BCUT2D eigenvalue weighted by molar-refractivity contribution is 5.54. The Labute approximate surface area is 95.5 Å². The highest BCUT2D eigenvalue weighted by atomic mass is 15.0. The van der Waals surface area contributed by atoms with Gasteiger partial charge in [-0.1, -0.05) is 12.8 Å². The van der Waals surface area contributed by atoms with Crippen LogP contribution in [-0.4, -0.2) is 16.4 Å². The molecule has 0 radical (unpaired) electrons. The molecule has 0 atom stereocenters. The average molecular weight is 215 g/mol. The molecule has 3 heteroatoms. The minimum Gasteiger partial charge on any atom is -0.387 e. The number of nitrogens with zero attached hydrogens (tertiary/aromatic N) is 2. The van der Waals surface area contributed by atoms with Gasteiger partial charge in [-0.2, -0.15) is 0 Å². The fraction of sp³-hybridized carbons (Fsp3) is 0.462. The SMILES string of the molecule is CNc1ccc2cnc(C3CCCC3)n2c1. The van der Waals surface area contributed by atoms with E-state index < -0.39 is 0 Å². The lowest BCUT2D eigenvalue weighted by Gasteiger charge is -2.09. The number of imidazole rings is 1. The van der Waals surface area contributed by atoms with Crippen molar-refractivity contribution in [1.82, 2.24) is 9.38 Å². The maximum Gasteiger partial charge on any atom is 0.116 e. The van der Waals surface area contributed by atoms with Crippen LogP contribution in [0.15, 0.2) is 24.5 Å². The van der Waals surface area contributed by atoms with Gasteiger partial charge in [0.05, 0.1) is 17.4 Å². The Morgan fingerprint density at radius 2 is 2.12 bits per heavy atom. The Bertz CT molecular complexity index is 495. The number of fused-ring (bicyclic) bond motifs is 1. The molecule has 0 amide bonds. The van der Waals surface area contributed by atoms with Crippen LogP contribution in [-0.2, 0) is 0 Å². The first kappa shape index (κ1) is 9.70. The van der Waals surface area contributed by atoms with E-state index in [2.05, 4.69) is 33.0 Å². The lowest BCUT2D eigenvalue weighted by atomic mass is 10.1. The lowest BCUT2D eigenvalue weighted by Crippen LogP contribution is -2.01. The molecule has 1 fully saturated rings. The minimum atomic E-state index is 0.662. The van der Waals surface area contributed by atoms with Gasteiger partial charge in [0, 0.05) is 19.2 Å². The van der Waals surface area contributed by atoms with Gasteiger partial charge in [-0.05, 0) is 25.0 Å². The molecule has 2 aromatic rings. The maximum absolute atomic E-state index is 4.59. The van der Waals surface area contributed by atoms with Crippen LogP contribution >= 0.6 is 0 Å². The first-order chi connectivity index (χ1) is 7.88. The summed E-state index contributed by atoms with van der Waals surface area (Å²) >= 11 is 0. The number of anilines is 1. The highest BCUT2D eigenvalue weighted by Crippen LogP contribution is 2.33. The summed E-state index contributed by atoms with van der Waals surface area (Å²) in [6.45, 7) is 0. The Kier molecular flexibility index (Phi) is 2.31. The van der Waals surface area contributed by atoms with Crippen molar-refractivity contribution in [1.29, 1.82) is 0 Å². The molecule has 2 aromatic heterocycles. The number of aromatic nitrogens is 2. The number of hydrogen-bond acceptors (Lipinski definition) is 2. The molecule has 3 rings (SSSR count). The summed E-state index contributed by atoms with van der Waals surface area (Å²) in [5, 5.41) is 3.18. The average Bonchev–Trinajstić information content (AvgIpc) is 2.96. The van der Waals surface area contributed by atoms with Gasteiger partial charge in [0.2, 0.25) is 0 Å². The molecule has 0 unspecified atom stereocenters. The molecule has 0 aromatic carbocycles. The minimum absolute atomic E-state index is 0.662. The molecule has 0 aliphatic heterocycles. The van der Waals surface area contributed by atoms with E-state index >= 15 is 0 Å². The zero-order chi connectivity index (χ0) is 11.0. The van der Waals surface area contributed by atoms with Crippen molar-refractivity contribution in [3.05, 3.63) is 30.4 Å². The molecule has 84 valence electrons. The van der Waals surface area contributed by atoms with Crippen molar-refractivity contribution in [2.75, 3.05) is 12.4 Å². The lowest BCUT2D eigenvalue weighted by molar-refractivity contribution is 0.665. The van der Waals surface area contributed by atoms with Crippen LogP contribution in [0.3, 0.4) is 0 Å². The van der Waals surface area contributed by atoms with Crippen LogP contribution in [0, 0.1) is 0 Å². The summed E-state index contributed by atoms with van der Waals surface area (Å²) in [4.78, 5) is 4.59. The second-order valence-electron chi connectivity index (χ2n) is 4.56. The van der Waals surface area contributed by atoms with Crippen LogP contribution in [0.2, 0.25) is 0 Å². The fourth-order valence-corrected chi connectivity index (χ4v) is 2.64. The third-order valence-corrected chi connectivity index (χ3v) is 3.56. The van der Waals surface area contributed by atoms with E-state index in [0.717, 1.165) is 5.69 Å². The van der Waals surface area contributed by atoms with Crippen molar-refractivity contribution >= 4 is 11.2 Å². The predicted molar refractivity (Wildman–Crippen MR) is 65.9 cm³/mol. The third kappa shape index (κ3) is 1.47. The molecule has 1 aliphatic carbocycles. The molecule has 0 bridgehead atoms. The van der Waals surface area contributed by atoms with Gasteiger partial charge >= 0.3 is 0 Å².